The van der Waals surface area contributed by atoms with Crippen LogP contribution in [0.5, 0.6) is 0 Å². The van der Waals surface area contributed by atoms with Gasteiger partial charge < -0.3 is 11.1 Å². The zero-order valence-corrected chi connectivity index (χ0v) is 10.9. The average molecular weight is 286 g/mol. The molecule has 6 heteroatoms. The molecule has 0 radical (unpaired) electrons. The van der Waals surface area contributed by atoms with Gasteiger partial charge in [-0.3, -0.25) is 4.79 Å². The largest absolute Gasteiger partial charge is 0.416 e. The molecule has 1 aliphatic rings. The summed E-state index contributed by atoms with van der Waals surface area (Å²) in [5.74, 6) is -0.462. The molecule has 3 N–H and O–H groups in total. The highest BCUT2D eigenvalue weighted by Gasteiger charge is 2.33. The highest BCUT2D eigenvalue weighted by Crippen LogP contribution is 2.37. The number of rotatable bonds is 4. The van der Waals surface area contributed by atoms with Crippen LogP contribution in [0, 0.1) is 0 Å². The SMILES string of the molecule is NC(=O)CN[C@@H]1CCC[C@H]1c1cccc(C(F)(F)F)c1. The molecule has 1 aliphatic carbocycles. The fraction of sp³-hybridized carbons (Fsp3) is 0.500. The third-order valence-electron chi connectivity index (χ3n) is 3.70. The molecule has 2 rings (SSSR count). The van der Waals surface area contributed by atoms with Crippen LogP contribution in [0.1, 0.15) is 36.3 Å². The van der Waals surface area contributed by atoms with Gasteiger partial charge in [0.1, 0.15) is 0 Å². The van der Waals surface area contributed by atoms with Crippen LogP contribution in [0.25, 0.3) is 0 Å². The van der Waals surface area contributed by atoms with Crippen molar-refractivity contribution in [3.05, 3.63) is 35.4 Å². The second-order valence-electron chi connectivity index (χ2n) is 5.11. The monoisotopic (exact) mass is 286 g/mol. The molecule has 20 heavy (non-hydrogen) atoms. The quantitative estimate of drug-likeness (QED) is 0.893. The summed E-state index contributed by atoms with van der Waals surface area (Å²) in [4.78, 5) is 10.8. The topological polar surface area (TPSA) is 55.1 Å². The number of nitrogens with two attached hydrogens (primary N) is 1. The van der Waals surface area contributed by atoms with Gasteiger partial charge in [0.05, 0.1) is 12.1 Å². The summed E-state index contributed by atoms with van der Waals surface area (Å²) in [5.41, 5.74) is 5.12. The van der Waals surface area contributed by atoms with Crippen molar-refractivity contribution in [2.24, 2.45) is 5.73 Å². The molecule has 1 amide bonds. The molecule has 0 aromatic heterocycles. The van der Waals surface area contributed by atoms with Crippen molar-refractivity contribution in [3.63, 3.8) is 0 Å². The highest BCUT2D eigenvalue weighted by atomic mass is 19.4. The lowest BCUT2D eigenvalue weighted by Gasteiger charge is -2.21. The minimum absolute atomic E-state index is 0.00310. The lowest BCUT2D eigenvalue weighted by molar-refractivity contribution is -0.137. The molecule has 0 aliphatic heterocycles. The average Bonchev–Trinajstić information content (AvgIpc) is 2.83. The van der Waals surface area contributed by atoms with Crippen molar-refractivity contribution in [2.45, 2.75) is 37.4 Å². The molecule has 0 saturated heterocycles. The molecule has 1 aromatic carbocycles. The summed E-state index contributed by atoms with van der Waals surface area (Å²) in [6.45, 7) is 0.0557. The van der Waals surface area contributed by atoms with Gasteiger partial charge in [0.15, 0.2) is 0 Å². The number of amides is 1. The van der Waals surface area contributed by atoms with Crippen LogP contribution in [0.3, 0.4) is 0 Å². The van der Waals surface area contributed by atoms with E-state index in [-0.39, 0.29) is 18.5 Å². The first-order chi connectivity index (χ1) is 9.38. The van der Waals surface area contributed by atoms with Crippen molar-refractivity contribution in [2.75, 3.05) is 6.54 Å². The minimum Gasteiger partial charge on any atom is -0.369 e. The number of nitrogens with one attached hydrogen (secondary N) is 1. The van der Waals surface area contributed by atoms with E-state index in [2.05, 4.69) is 5.32 Å². The molecular weight excluding hydrogens is 269 g/mol. The lowest BCUT2D eigenvalue weighted by atomic mass is 9.92. The van der Waals surface area contributed by atoms with Crippen LogP contribution in [0.4, 0.5) is 13.2 Å². The standard InChI is InChI=1S/C14H17F3N2O/c15-14(16,17)10-4-1-3-9(7-10)11-5-2-6-12(11)19-8-13(18)20/h1,3-4,7,11-12,19H,2,5-6,8H2,(H2,18,20)/t11-,12+/m0/s1. The van der Waals surface area contributed by atoms with E-state index in [0.717, 1.165) is 25.3 Å². The maximum absolute atomic E-state index is 12.7. The first-order valence-electron chi connectivity index (χ1n) is 6.57. The van der Waals surface area contributed by atoms with Gasteiger partial charge in [-0.25, -0.2) is 0 Å². The molecule has 1 saturated carbocycles. The van der Waals surface area contributed by atoms with Gasteiger partial charge in [-0.2, -0.15) is 13.2 Å². The van der Waals surface area contributed by atoms with Gasteiger partial charge in [-0.15, -0.1) is 0 Å². The van der Waals surface area contributed by atoms with Crippen LogP contribution in [-0.4, -0.2) is 18.5 Å². The second-order valence-corrected chi connectivity index (χ2v) is 5.11. The predicted molar refractivity (Wildman–Crippen MR) is 69.0 cm³/mol. The Bertz CT molecular complexity index is 488. The van der Waals surface area contributed by atoms with Gasteiger partial charge in [-0.05, 0) is 30.4 Å². The summed E-state index contributed by atoms with van der Waals surface area (Å²) in [7, 11) is 0. The number of benzene rings is 1. The van der Waals surface area contributed by atoms with Gasteiger partial charge in [0, 0.05) is 6.04 Å². The fourth-order valence-electron chi connectivity index (χ4n) is 2.78. The summed E-state index contributed by atoms with van der Waals surface area (Å²) >= 11 is 0. The van der Waals surface area contributed by atoms with Crippen LogP contribution in [0.15, 0.2) is 24.3 Å². The Balaban J connectivity index is 2.15. The van der Waals surface area contributed by atoms with Crippen LogP contribution in [-0.2, 0) is 11.0 Å². The number of alkyl halides is 3. The summed E-state index contributed by atoms with van der Waals surface area (Å²) in [5, 5.41) is 3.03. The third kappa shape index (κ3) is 3.50. The second kappa shape index (κ2) is 5.83. The number of carbonyl (C=O) groups is 1. The summed E-state index contributed by atoms with van der Waals surface area (Å²) in [6.07, 6.45) is -1.74. The van der Waals surface area contributed by atoms with Crippen LogP contribution in [0.2, 0.25) is 0 Å². The third-order valence-corrected chi connectivity index (χ3v) is 3.70. The minimum atomic E-state index is -4.33. The summed E-state index contributed by atoms with van der Waals surface area (Å²) < 4.78 is 38.2. The molecule has 1 fully saturated rings. The molecule has 110 valence electrons. The first kappa shape index (κ1) is 14.8. The van der Waals surface area contributed by atoms with Crippen LogP contribution >= 0.6 is 0 Å². The zero-order valence-electron chi connectivity index (χ0n) is 10.9. The predicted octanol–water partition coefficient (Wildman–Crippen LogP) is 2.42. The van der Waals surface area contributed by atoms with E-state index in [1.54, 1.807) is 6.07 Å². The Labute approximate surface area is 115 Å². The summed E-state index contributed by atoms with van der Waals surface area (Å²) in [6, 6.07) is 5.43. The van der Waals surface area contributed by atoms with Crippen molar-refractivity contribution in [3.8, 4) is 0 Å². The highest BCUT2D eigenvalue weighted by molar-refractivity contribution is 5.75. The number of carbonyl (C=O) groups excluding carboxylic acids is 1. The van der Waals surface area contributed by atoms with E-state index in [1.165, 1.54) is 12.1 Å². The zero-order chi connectivity index (χ0) is 14.8. The number of primary amides is 1. The Morgan fingerprint density at radius 1 is 1.35 bits per heavy atom. The maximum Gasteiger partial charge on any atom is 0.416 e. The van der Waals surface area contributed by atoms with E-state index < -0.39 is 17.6 Å². The maximum atomic E-state index is 12.7. The Morgan fingerprint density at radius 3 is 2.75 bits per heavy atom. The van der Waals surface area contributed by atoms with E-state index in [0.29, 0.717) is 5.56 Å². The van der Waals surface area contributed by atoms with E-state index in [9.17, 15) is 18.0 Å². The van der Waals surface area contributed by atoms with Gasteiger partial charge in [0.2, 0.25) is 5.91 Å². The van der Waals surface area contributed by atoms with Gasteiger partial charge in [-0.1, -0.05) is 24.6 Å². The first-order valence-corrected chi connectivity index (χ1v) is 6.57. The normalized spacial score (nSPS) is 22.9. The molecular formula is C14H17F3N2O. The smallest absolute Gasteiger partial charge is 0.369 e. The number of halogens is 3. The molecule has 0 spiro atoms. The molecule has 3 nitrogen and oxygen atoms in total. The van der Waals surface area contributed by atoms with E-state index in [4.69, 9.17) is 5.73 Å². The van der Waals surface area contributed by atoms with Gasteiger partial charge in [0.25, 0.3) is 0 Å². The molecule has 0 bridgehead atoms. The molecule has 0 unspecified atom stereocenters. The van der Waals surface area contributed by atoms with Crippen LogP contribution < -0.4 is 11.1 Å². The van der Waals surface area contributed by atoms with E-state index >= 15 is 0 Å². The van der Waals surface area contributed by atoms with Gasteiger partial charge >= 0.3 is 6.18 Å². The van der Waals surface area contributed by atoms with Crippen molar-refractivity contribution >= 4 is 5.91 Å². The Morgan fingerprint density at radius 2 is 2.10 bits per heavy atom. The van der Waals surface area contributed by atoms with Crippen molar-refractivity contribution < 1.29 is 18.0 Å². The van der Waals surface area contributed by atoms with Crippen molar-refractivity contribution in [1.82, 2.24) is 5.32 Å². The number of hydrogen-bond acceptors (Lipinski definition) is 2. The molecule has 0 heterocycles. The fourth-order valence-corrected chi connectivity index (χ4v) is 2.78. The molecule has 2 atom stereocenters. The van der Waals surface area contributed by atoms with E-state index in [1.807, 2.05) is 0 Å². The number of hydrogen-bond donors (Lipinski definition) is 2. The molecule has 1 aromatic rings. The van der Waals surface area contributed by atoms with Crippen molar-refractivity contribution in [1.29, 1.82) is 0 Å². The Hall–Kier alpha value is -1.56. The Kier molecular flexibility index (Phi) is 4.32. The lowest BCUT2D eigenvalue weighted by Crippen LogP contribution is -2.37.